The molecule has 8 heteroatoms. The molecule has 1 aliphatic rings. The molecule has 1 fully saturated rings. The second-order valence-corrected chi connectivity index (χ2v) is 6.30. The molecule has 0 spiro atoms. The normalized spacial score (nSPS) is 14.7. The number of morpholine rings is 1. The lowest BCUT2D eigenvalue weighted by Gasteiger charge is -2.29. The van der Waals surface area contributed by atoms with Crippen molar-refractivity contribution < 1.29 is 13.5 Å². The van der Waals surface area contributed by atoms with Gasteiger partial charge in [-0.2, -0.15) is 0 Å². The fourth-order valence-electron chi connectivity index (χ4n) is 2.92. The molecule has 134 valence electrons. The van der Waals surface area contributed by atoms with Crippen LogP contribution in [-0.4, -0.2) is 36.3 Å². The average Bonchev–Trinajstić information content (AvgIpc) is 2.65. The van der Waals surface area contributed by atoms with Crippen molar-refractivity contribution in [2.24, 2.45) is 0 Å². The molecular weight excluding hydrogens is 362 g/mol. The van der Waals surface area contributed by atoms with Crippen LogP contribution in [0, 0.1) is 11.6 Å². The first-order chi connectivity index (χ1) is 12.6. The van der Waals surface area contributed by atoms with Crippen molar-refractivity contribution in [1.29, 1.82) is 0 Å². The molecule has 0 unspecified atom stereocenters. The average molecular weight is 377 g/mol. The topological polar surface area (TPSA) is 50.3 Å². The molecule has 2 heterocycles. The van der Waals surface area contributed by atoms with Crippen molar-refractivity contribution >= 4 is 39.7 Å². The number of hydrogen-bond acceptors (Lipinski definition) is 5. The predicted octanol–water partition coefficient (Wildman–Crippen LogP) is 4.14. The molecule has 0 aliphatic carbocycles. The van der Waals surface area contributed by atoms with E-state index >= 15 is 0 Å². The van der Waals surface area contributed by atoms with E-state index in [4.69, 9.17) is 16.3 Å². The third kappa shape index (κ3) is 3.27. The van der Waals surface area contributed by atoms with Crippen LogP contribution in [0.2, 0.25) is 5.02 Å². The molecule has 1 saturated heterocycles. The summed E-state index contributed by atoms with van der Waals surface area (Å²) in [5, 5.41) is 3.56. The summed E-state index contributed by atoms with van der Waals surface area (Å²) in [4.78, 5) is 10.4. The standard InChI is InChI=1S/C18H15ClF2N4O/c19-13-7-11(1-2-14(13)20)24-18-12-8-15(21)17(9-16(12)22-10-23-18)25-3-5-26-6-4-25/h1-2,7-10H,3-6H2,(H,22,23,24). The first kappa shape index (κ1) is 16.9. The second-order valence-electron chi connectivity index (χ2n) is 5.90. The summed E-state index contributed by atoms with van der Waals surface area (Å²) in [7, 11) is 0. The number of ether oxygens (including phenoxy) is 1. The van der Waals surface area contributed by atoms with Gasteiger partial charge < -0.3 is 15.0 Å². The van der Waals surface area contributed by atoms with Crippen molar-refractivity contribution in [3.63, 3.8) is 0 Å². The fraction of sp³-hybridized carbons (Fsp3) is 0.222. The van der Waals surface area contributed by atoms with Gasteiger partial charge in [-0.15, -0.1) is 0 Å². The minimum absolute atomic E-state index is 0.00542. The van der Waals surface area contributed by atoms with Gasteiger partial charge in [-0.25, -0.2) is 18.7 Å². The van der Waals surface area contributed by atoms with Crippen LogP contribution in [0.3, 0.4) is 0 Å². The number of aromatic nitrogens is 2. The minimum atomic E-state index is -0.508. The first-order valence-electron chi connectivity index (χ1n) is 8.11. The Morgan fingerprint density at radius 2 is 1.85 bits per heavy atom. The molecule has 5 nitrogen and oxygen atoms in total. The van der Waals surface area contributed by atoms with E-state index in [0.29, 0.717) is 54.4 Å². The Hall–Kier alpha value is -2.51. The summed E-state index contributed by atoms with van der Waals surface area (Å²) in [6, 6.07) is 7.36. The smallest absolute Gasteiger partial charge is 0.147 e. The number of nitrogens with zero attached hydrogens (tertiary/aromatic N) is 3. The lowest BCUT2D eigenvalue weighted by molar-refractivity contribution is 0.122. The molecule has 1 aliphatic heterocycles. The molecule has 1 N–H and O–H groups in total. The molecule has 0 amide bonds. The maximum Gasteiger partial charge on any atom is 0.147 e. The third-order valence-electron chi connectivity index (χ3n) is 4.24. The van der Waals surface area contributed by atoms with Gasteiger partial charge in [-0.1, -0.05) is 11.6 Å². The number of rotatable bonds is 3. The summed E-state index contributed by atoms with van der Waals surface area (Å²) in [5.41, 5.74) is 1.66. The van der Waals surface area contributed by atoms with Gasteiger partial charge in [0.25, 0.3) is 0 Å². The van der Waals surface area contributed by atoms with Crippen LogP contribution in [0.1, 0.15) is 0 Å². The molecule has 1 aromatic heterocycles. The Morgan fingerprint density at radius 3 is 2.62 bits per heavy atom. The lowest BCUT2D eigenvalue weighted by Crippen LogP contribution is -2.36. The number of benzene rings is 2. The zero-order chi connectivity index (χ0) is 18.1. The van der Waals surface area contributed by atoms with E-state index in [0.717, 1.165) is 0 Å². The Kier molecular flexibility index (Phi) is 4.57. The molecule has 0 atom stereocenters. The maximum atomic E-state index is 14.7. The van der Waals surface area contributed by atoms with E-state index in [-0.39, 0.29) is 10.8 Å². The lowest BCUT2D eigenvalue weighted by atomic mass is 10.1. The summed E-state index contributed by atoms with van der Waals surface area (Å²) < 4.78 is 33.3. The highest BCUT2D eigenvalue weighted by Crippen LogP contribution is 2.30. The van der Waals surface area contributed by atoms with Gasteiger partial charge in [0.15, 0.2) is 0 Å². The van der Waals surface area contributed by atoms with Crippen molar-refractivity contribution in [2.45, 2.75) is 0 Å². The van der Waals surface area contributed by atoms with Crippen LogP contribution in [0.4, 0.5) is 26.0 Å². The monoisotopic (exact) mass is 376 g/mol. The summed E-state index contributed by atoms with van der Waals surface area (Å²) in [6.45, 7) is 2.40. The highest BCUT2D eigenvalue weighted by atomic mass is 35.5. The van der Waals surface area contributed by atoms with Crippen molar-refractivity contribution in [2.75, 3.05) is 36.5 Å². The van der Waals surface area contributed by atoms with Gasteiger partial charge in [0, 0.05) is 24.2 Å². The SMILES string of the molecule is Fc1ccc(Nc2ncnc3cc(N4CCOCC4)c(F)cc23)cc1Cl. The van der Waals surface area contributed by atoms with Crippen LogP contribution in [0.5, 0.6) is 0 Å². The summed E-state index contributed by atoms with van der Waals surface area (Å²) in [6.07, 6.45) is 1.40. The van der Waals surface area contributed by atoms with Crippen LogP contribution >= 0.6 is 11.6 Å². The molecular formula is C18H15ClF2N4O. The number of nitrogens with one attached hydrogen (secondary N) is 1. The summed E-state index contributed by atoms with van der Waals surface area (Å²) in [5.74, 6) is -0.439. The van der Waals surface area contributed by atoms with Gasteiger partial charge in [-0.05, 0) is 30.3 Å². The molecule has 26 heavy (non-hydrogen) atoms. The Morgan fingerprint density at radius 1 is 1.04 bits per heavy atom. The summed E-state index contributed by atoms with van der Waals surface area (Å²) >= 11 is 5.81. The molecule has 2 aromatic carbocycles. The zero-order valence-corrected chi connectivity index (χ0v) is 14.4. The third-order valence-corrected chi connectivity index (χ3v) is 4.53. The Labute approximate surface area is 153 Å². The number of hydrogen-bond donors (Lipinski definition) is 1. The van der Waals surface area contributed by atoms with Crippen LogP contribution in [0.25, 0.3) is 10.9 Å². The molecule has 3 aromatic rings. The molecule has 0 saturated carbocycles. The van der Waals surface area contributed by atoms with Gasteiger partial charge in [0.1, 0.15) is 23.8 Å². The fourth-order valence-corrected chi connectivity index (χ4v) is 3.10. The molecule has 0 bridgehead atoms. The van der Waals surface area contributed by atoms with Crippen molar-refractivity contribution in [3.05, 3.63) is 53.3 Å². The Bertz CT molecular complexity index is 963. The van der Waals surface area contributed by atoms with E-state index in [1.807, 2.05) is 4.90 Å². The maximum absolute atomic E-state index is 14.7. The van der Waals surface area contributed by atoms with Crippen LogP contribution < -0.4 is 10.2 Å². The number of anilines is 3. The largest absolute Gasteiger partial charge is 0.378 e. The molecule has 4 rings (SSSR count). The van der Waals surface area contributed by atoms with Crippen LogP contribution in [-0.2, 0) is 4.74 Å². The van der Waals surface area contributed by atoms with Gasteiger partial charge in [0.05, 0.1) is 29.4 Å². The van der Waals surface area contributed by atoms with E-state index in [2.05, 4.69) is 15.3 Å². The van der Waals surface area contributed by atoms with Crippen molar-refractivity contribution in [3.8, 4) is 0 Å². The highest BCUT2D eigenvalue weighted by Gasteiger charge is 2.17. The second kappa shape index (κ2) is 7.01. The zero-order valence-electron chi connectivity index (χ0n) is 13.7. The van der Waals surface area contributed by atoms with E-state index < -0.39 is 5.82 Å². The van der Waals surface area contributed by atoms with Crippen molar-refractivity contribution in [1.82, 2.24) is 9.97 Å². The van der Waals surface area contributed by atoms with Gasteiger partial charge >= 0.3 is 0 Å². The molecule has 0 radical (unpaired) electrons. The van der Waals surface area contributed by atoms with Gasteiger partial charge in [0.2, 0.25) is 0 Å². The quantitative estimate of drug-likeness (QED) is 0.744. The minimum Gasteiger partial charge on any atom is -0.378 e. The van der Waals surface area contributed by atoms with Crippen LogP contribution in [0.15, 0.2) is 36.7 Å². The first-order valence-corrected chi connectivity index (χ1v) is 8.48. The van der Waals surface area contributed by atoms with E-state index in [1.165, 1.54) is 30.6 Å². The Balaban J connectivity index is 1.72. The van der Waals surface area contributed by atoms with E-state index in [1.54, 1.807) is 6.07 Å². The predicted molar refractivity (Wildman–Crippen MR) is 97.2 cm³/mol. The highest BCUT2D eigenvalue weighted by molar-refractivity contribution is 6.31. The number of fused-ring (bicyclic) bond motifs is 1. The van der Waals surface area contributed by atoms with Gasteiger partial charge in [-0.3, -0.25) is 0 Å². The van der Waals surface area contributed by atoms with E-state index in [9.17, 15) is 8.78 Å². The number of halogens is 3.